The van der Waals surface area contributed by atoms with E-state index in [1.807, 2.05) is 33.8 Å². The van der Waals surface area contributed by atoms with Gasteiger partial charge in [-0.1, -0.05) is 88.9 Å². The molecule has 0 aromatic heterocycles. The van der Waals surface area contributed by atoms with Crippen molar-refractivity contribution in [2.24, 2.45) is 0 Å². The lowest BCUT2D eigenvalue weighted by atomic mass is 9.95. The Kier molecular flexibility index (Phi) is 6.68. The Balaban J connectivity index is 0.000000510. The molecule has 0 atom stereocenters. The van der Waals surface area contributed by atoms with E-state index in [0.29, 0.717) is 0 Å². The molecule has 0 aliphatic rings. The van der Waals surface area contributed by atoms with Gasteiger partial charge in [0.2, 0.25) is 0 Å². The van der Waals surface area contributed by atoms with Gasteiger partial charge < -0.3 is 0 Å². The molecule has 21 heavy (non-hydrogen) atoms. The zero-order chi connectivity index (χ0) is 15.8. The summed E-state index contributed by atoms with van der Waals surface area (Å²) in [5, 5.41) is 5.25. The van der Waals surface area contributed by atoms with E-state index in [-0.39, 0.29) is 0 Å². The molecule has 0 aliphatic heterocycles. The third kappa shape index (κ3) is 3.33. The normalized spacial score (nSPS) is 9.38. The summed E-state index contributed by atoms with van der Waals surface area (Å²) in [7, 11) is 0. The quantitative estimate of drug-likeness (QED) is 0.420. The molecule has 0 aliphatic carbocycles. The number of rotatable bonds is 1. The molecule has 0 amide bonds. The van der Waals surface area contributed by atoms with Crippen LogP contribution in [0.25, 0.3) is 27.6 Å². The summed E-state index contributed by atoms with van der Waals surface area (Å²) in [5.41, 5.74) is 2.53. The average Bonchev–Trinajstić information content (AvgIpc) is 2.57. The first-order valence-corrected chi connectivity index (χ1v) is 7.85. The van der Waals surface area contributed by atoms with Gasteiger partial charge in [-0.25, -0.2) is 0 Å². The standard InChI is InChI=1S/C17H14.2C2H6/c1-3-13-7-5-9-15-11-10-14-8-4-6-12(2)16(14)17(13)15;2*1-2/h3-11H,1H2,2H3;2*1-2H3. The van der Waals surface area contributed by atoms with Crippen LogP contribution in [-0.4, -0.2) is 0 Å². The van der Waals surface area contributed by atoms with Crippen LogP contribution < -0.4 is 0 Å². The van der Waals surface area contributed by atoms with Crippen molar-refractivity contribution in [2.45, 2.75) is 34.6 Å². The van der Waals surface area contributed by atoms with Crippen LogP contribution in [0.15, 0.2) is 55.1 Å². The Morgan fingerprint density at radius 1 is 0.714 bits per heavy atom. The molecule has 0 saturated heterocycles. The van der Waals surface area contributed by atoms with Crippen molar-refractivity contribution in [3.05, 3.63) is 66.2 Å². The van der Waals surface area contributed by atoms with E-state index >= 15 is 0 Å². The Morgan fingerprint density at radius 3 is 1.81 bits per heavy atom. The summed E-state index contributed by atoms with van der Waals surface area (Å²) in [6.45, 7) is 14.1. The highest BCUT2D eigenvalue weighted by atomic mass is 14.1. The topological polar surface area (TPSA) is 0 Å². The summed E-state index contributed by atoms with van der Waals surface area (Å²) >= 11 is 0. The minimum atomic E-state index is 1.21. The molecule has 3 aromatic carbocycles. The van der Waals surface area contributed by atoms with Crippen molar-refractivity contribution in [1.29, 1.82) is 0 Å². The molecule has 0 spiro atoms. The lowest BCUT2D eigenvalue weighted by Gasteiger charge is -2.09. The molecule has 0 heterocycles. The van der Waals surface area contributed by atoms with Crippen LogP contribution in [0.4, 0.5) is 0 Å². The molecule has 0 saturated carbocycles. The van der Waals surface area contributed by atoms with Gasteiger partial charge in [-0.05, 0) is 39.6 Å². The first-order valence-electron chi connectivity index (χ1n) is 7.85. The van der Waals surface area contributed by atoms with Crippen molar-refractivity contribution in [3.63, 3.8) is 0 Å². The van der Waals surface area contributed by atoms with Crippen LogP contribution in [0.5, 0.6) is 0 Å². The molecule has 3 rings (SSSR count). The van der Waals surface area contributed by atoms with E-state index in [2.05, 4.69) is 62.0 Å². The minimum Gasteiger partial charge on any atom is -0.0984 e. The second kappa shape index (κ2) is 8.26. The van der Waals surface area contributed by atoms with E-state index in [1.165, 1.54) is 32.7 Å². The third-order valence-corrected chi connectivity index (χ3v) is 3.35. The van der Waals surface area contributed by atoms with Crippen LogP contribution in [0.2, 0.25) is 0 Å². The Morgan fingerprint density at radius 2 is 1.24 bits per heavy atom. The summed E-state index contributed by atoms with van der Waals surface area (Å²) in [4.78, 5) is 0. The van der Waals surface area contributed by atoms with Crippen molar-refractivity contribution >= 4 is 27.6 Å². The van der Waals surface area contributed by atoms with E-state index < -0.39 is 0 Å². The van der Waals surface area contributed by atoms with Crippen LogP contribution in [-0.2, 0) is 0 Å². The average molecular weight is 278 g/mol. The molecule has 0 bridgehead atoms. The van der Waals surface area contributed by atoms with E-state index in [1.54, 1.807) is 0 Å². The molecule has 0 heteroatoms. The van der Waals surface area contributed by atoms with Crippen LogP contribution >= 0.6 is 0 Å². The maximum absolute atomic E-state index is 3.92. The fourth-order valence-electron chi connectivity index (χ4n) is 2.54. The molecular formula is C21H26. The SMILES string of the molecule is C=Cc1cccc2ccc3cccc(C)c3c12.CC.CC. The number of hydrogen-bond donors (Lipinski definition) is 0. The summed E-state index contributed by atoms with van der Waals surface area (Å²) in [6.07, 6.45) is 1.94. The predicted molar refractivity (Wildman–Crippen MR) is 99.0 cm³/mol. The number of benzene rings is 3. The van der Waals surface area contributed by atoms with Crippen LogP contribution in [0.3, 0.4) is 0 Å². The molecule has 110 valence electrons. The third-order valence-electron chi connectivity index (χ3n) is 3.35. The molecule has 0 unspecified atom stereocenters. The Bertz CT molecular complexity index is 721. The van der Waals surface area contributed by atoms with Crippen LogP contribution in [0, 0.1) is 6.92 Å². The molecule has 0 fully saturated rings. The minimum absolute atomic E-state index is 1.21. The predicted octanol–water partition coefficient (Wildman–Crippen LogP) is 7.00. The summed E-state index contributed by atoms with van der Waals surface area (Å²) in [5.74, 6) is 0. The highest BCUT2D eigenvalue weighted by molar-refractivity contribution is 6.12. The van der Waals surface area contributed by atoms with Gasteiger partial charge in [-0.2, -0.15) is 0 Å². The van der Waals surface area contributed by atoms with E-state index in [4.69, 9.17) is 0 Å². The van der Waals surface area contributed by atoms with Crippen molar-refractivity contribution in [2.75, 3.05) is 0 Å². The largest absolute Gasteiger partial charge is 0.0984 e. The van der Waals surface area contributed by atoms with Crippen LogP contribution in [0.1, 0.15) is 38.8 Å². The Hall–Kier alpha value is -2.08. The number of hydrogen-bond acceptors (Lipinski definition) is 0. The lowest BCUT2D eigenvalue weighted by Crippen LogP contribution is -1.84. The van der Waals surface area contributed by atoms with Gasteiger partial charge in [0.15, 0.2) is 0 Å². The van der Waals surface area contributed by atoms with Gasteiger partial charge in [-0.3, -0.25) is 0 Å². The van der Waals surface area contributed by atoms with Crippen molar-refractivity contribution in [1.82, 2.24) is 0 Å². The smallest absolute Gasteiger partial charge is 0.00304 e. The number of fused-ring (bicyclic) bond motifs is 3. The first kappa shape index (κ1) is 17.0. The fourth-order valence-corrected chi connectivity index (χ4v) is 2.54. The van der Waals surface area contributed by atoms with Gasteiger partial charge >= 0.3 is 0 Å². The number of aryl methyl sites for hydroxylation is 1. The first-order chi connectivity index (χ1) is 10.3. The highest BCUT2D eigenvalue weighted by Gasteiger charge is 2.05. The second-order valence-corrected chi connectivity index (χ2v) is 4.39. The van der Waals surface area contributed by atoms with Crippen molar-refractivity contribution in [3.8, 4) is 0 Å². The van der Waals surface area contributed by atoms with Gasteiger partial charge in [0.25, 0.3) is 0 Å². The highest BCUT2D eigenvalue weighted by Crippen LogP contribution is 2.31. The fraction of sp³-hybridized carbons (Fsp3) is 0.238. The molecule has 0 N–H and O–H groups in total. The van der Waals surface area contributed by atoms with Gasteiger partial charge in [0, 0.05) is 0 Å². The molecular weight excluding hydrogens is 252 g/mol. The Labute approximate surface area is 129 Å². The molecule has 0 nitrogen and oxygen atoms in total. The van der Waals surface area contributed by atoms with Crippen molar-refractivity contribution < 1.29 is 0 Å². The lowest BCUT2D eigenvalue weighted by molar-refractivity contribution is 1.50. The van der Waals surface area contributed by atoms with Gasteiger partial charge in [0.05, 0.1) is 0 Å². The maximum Gasteiger partial charge on any atom is -0.00304 e. The van der Waals surface area contributed by atoms with E-state index in [9.17, 15) is 0 Å². The maximum atomic E-state index is 3.92. The second-order valence-electron chi connectivity index (χ2n) is 4.39. The van der Waals surface area contributed by atoms with Gasteiger partial charge in [0.1, 0.15) is 0 Å². The zero-order valence-electron chi connectivity index (χ0n) is 13.9. The molecule has 0 radical (unpaired) electrons. The zero-order valence-corrected chi connectivity index (χ0v) is 13.9. The molecule has 3 aromatic rings. The van der Waals surface area contributed by atoms with E-state index in [0.717, 1.165) is 0 Å². The summed E-state index contributed by atoms with van der Waals surface area (Å²) < 4.78 is 0. The van der Waals surface area contributed by atoms with Gasteiger partial charge in [-0.15, -0.1) is 0 Å². The monoisotopic (exact) mass is 278 g/mol. The summed E-state index contributed by atoms with van der Waals surface area (Å²) in [6, 6.07) is 17.2.